The number of hydrogen-bond donors (Lipinski definition) is 0. The lowest BCUT2D eigenvalue weighted by Crippen LogP contribution is -1.89. The van der Waals surface area contributed by atoms with Gasteiger partial charge in [-0.05, 0) is 52.4 Å². The third-order valence-electron chi connectivity index (χ3n) is 3.60. The zero-order chi connectivity index (χ0) is 15.8. The van der Waals surface area contributed by atoms with Gasteiger partial charge in [0.1, 0.15) is 11.8 Å². The van der Waals surface area contributed by atoms with Crippen molar-refractivity contribution in [2.24, 2.45) is 0 Å². The largest absolute Gasteiger partial charge is 0.255 e. The van der Waals surface area contributed by atoms with E-state index in [1.54, 1.807) is 6.20 Å². The predicted molar refractivity (Wildman–Crippen MR) is 101 cm³/mol. The maximum Gasteiger partial charge on any atom is 0.119 e. The van der Waals surface area contributed by atoms with E-state index in [2.05, 4.69) is 43.2 Å². The first-order valence-electron chi connectivity index (χ1n) is 6.82. The van der Waals surface area contributed by atoms with Crippen LogP contribution in [0.15, 0.2) is 48.7 Å². The molecule has 0 spiro atoms. The highest BCUT2D eigenvalue weighted by atomic mass is 127. The van der Waals surface area contributed by atoms with Crippen LogP contribution in [0.1, 0.15) is 5.56 Å². The summed E-state index contributed by atoms with van der Waals surface area (Å²) in [5.74, 6) is 0. The Bertz CT molecular complexity index is 1080. The van der Waals surface area contributed by atoms with Crippen molar-refractivity contribution in [1.29, 1.82) is 5.26 Å². The third kappa shape index (κ3) is 2.37. The molecule has 0 fully saturated rings. The monoisotopic (exact) mass is 429 g/mol. The molecule has 4 aromatic rings. The summed E-state index contributed by atoms with van der Waals surface area (Å²) in [6.45, 7) is 0. The van der Waals surface area contributed by atoms with E-state index in [-0.39, 0.29) is 0 Å². The van der Waals surface area contributed by atoms with E-state index in [0.29, 0.717) is 11.9 Å². The molecule has 5 nitrogen and oxygen atoms in total. The van der Waals surface area contributed by atoms with Gasteiger partial charge in [-0.1, -0.05) is 12.1 Å². The summed E-state index contributed by atoms with van der Waals surface area (Å²) in [6, 6.07) is 15.6. The summed E-state index contributed by atoms with van der Waals surface area (Å²) in [6.07, 6.45) is 2.17. The maximum atomic E-state index is 9.36. The van der Waals surface area contributed by atoms with Gasteiger partial charge in [0.2, 0.25) is 0 Å². The fraction of sp³-hybridized carbons (Fsp3) is 0. The quantitative estimate of drug-likeness (QED) is 0.352. The topological polar surface area (TPSA) is 67.4 Å². The number of nitrogens with zero attached hydrogens (tertiary/aromatic N) is 5. The molecule has 0 amide bonds. The molecule has 0 bridgehead atoms. The van der Waals surface area contributed by atoms with Crippen molar-refractivity contribution < 1.29 is 0 Å². The fourth-order valence-corrected chi connectivity index (χ4v) is 4.11. The Morgan fingerprint density at radius 3 is 2.83 bits per heavy atom. The number of rotatable bonds is 2. The van der Waals surface area contributed by atoms with Crippen LogP contribution in [0.25, 0.3) is 33.3 Å². The van der Waals surface area contributed by atoms with E-state index < -0.39 is 0 Å². The number of para-hydroxylation sites is 1. The predicted octanol–water partition coefficient (Wildman–Crippen LogP) is 4.31. The zero-order valence-electron chi connectivity index (χ0n) is 11.7. The maximum absolute atomic E-state index is 9.36. The average Bonchev–Trinajstić information content (AvgIpc) is 3.00. The Balaban J connectivity index is 2.03. The minimum atomic E-state index is 0.415. The van der Waals surface area contributed by atoms with Crippen LogP contribution in [0, 0.1) is 11.3 Å². The van der Waals surface area contributed by atoms with Gasteiger partial charge in [0.15, 0.2) is 0 Å². The molecule has 0 aliphatic rings. The molecular weight excluding hydrogens is 420 g/mol. The van der Waals surface area contributed by atoms with Gasteiger partial charge in [-0.3, -0.25) is 4.98 Å². The molecule has 0 saturated carbocycles. The number of hydrogen-bond acceptors (Lipinski definition) is 4. The van der Waals surface area contributed by atoms with Crippen LogP contribution in [-0.4, -0.2) is 19.5 Å². The highest BCUT2D eigenvalue weighted by molar-refractivity contribution is 14.2. The van der Waals surface area contributed by atoms with Gasteiger partial charge in [0.25, 0.3) is 0 Å². The minimum absolute atomic E-state index is 0.415. The standard InChI is InChI=1S/C16H9IN5P/c17-23-22-16-10(9-18)3-1-4-11(16)15(21-22)14-7-6-12-13(20-14)5-2-8-19-12/h1-8,23H. The molecule has 0 radical (unpaired) electrons. The van der Waals surface area contributed by atoms with Crippen molar-refractivity contribution >= 4 is 50.4 Å². The van der Waals surface area contributed by atoms with Gasteiger partial charge in [-0.15, -0.1) is 0 Å². The fourth-order valence-electron chi connectivity index (χ4n) is 2.60. The molecule has 1 unspecified atom stereocenters. The van der Waals surface area contributed by atoms with Crippen LogP contribution in [0.4, 0.5) is 0 Å². The van der Waals surface area contributed by atoms with Crippen molar-refractivity contribution in [3.8, 4) is 17.5 Å². The highest BCUT2D eigenvalue weighted by Gasteiger charge is 2.16. The molecule has 23 heavy (non-hydrogen) atoms. The van der Waals surface area contributed by atoms with E-state index in [1.807, 2.05) is 46.9 Å². The number of fused-ring (bicyclic) bond motifs is 2. The van der Waals surface area contributed by atoms with Gasteiger partial charge in [-0.25, -0.2) is 9.44 Å². The van der Waals surface area contributed by atoms with Gasteiger partial charge in [-0.2, -0.15) is 10.4 Å². The van der Waals surface area contributed by atoms with Crippen LogP contribution in [0.3, 0.4) is 0 Å². The summed E-state index contributed by atoms with van der Waals surface area (Å²) in [5.41, 5.74) is 4.78. The van der Waals surface area contributed by atoms with Crippen molar-refractivity contribution in [3.05, 3.63) is 54.2 Å². The summed E-state index contributed by atoms with van der Waals surface area (Å²) >= 11 is 2.27. The van der Waals surface area contributed by atoms with Crippen molar-refractivity contribution in [3.63, 3.8) is 0 Å². The summed E-state index contributed by atoms with van der Waals surface area (Å²) < 4.78 is 1.87. The smallest absolute Gasteiger partial charge is 0.119 e. The van der Waals surface area contributed by atoms with Crippen LogP contribution >= 0.6 is 28.4 Å². The normalized spacial score (nSPS) is 11.5. The SMILES string of the molecule is N#Cc1cccc2c(-c3ccc4ncccc4n3)nn(PI)c12. The van der Waals surface area contributed by atoms with E-state index in [0.717, 1.165) is 33.3 Å². The van der Waals surface area contributed by atoms with E-state index in [4.69, 9.17) is 0 Å². The van der Waals surface area contributed by atoms with Gasteiger partial charge >= 0.3 is 0 Å². The molecule has 110 valence electrons. The lowest BCUT2D eigenvalue weighted by molar-refractivity contribution is 1.04. The van der Waals surface area contributed by atoms with Crippen molar-refractivity contribution in [1.82, 2.24) is 19.5 Å². The number of halogens is 1. The summed E-state index contributed by atoms with van der Waals surface area (Å²) in [5, 5.41) is 15.0. The molecular formula is C16H9IN5P. The Labute approximate surface area is 146 Å². The number of nitriles is 1. The molecule has 1 aromatic carbocycles. The summed E-state index contributed by atoms with van der Waals surface area (Å²) in [4.78, 5) is 8.97. The molecule has 0 N–H and O–H groups in total. The number of pyridine rings is 2. The molecule has 0 saturated heterocycles. The van der Waals surface area contributed by atoms with Crippen molar-refractivity contribution in [2.45, 2.75) is 0 Å². The number of aromatic nitrogens is 4. The van der Waals surface area contributed by atoms with Gasteiger partial charge in [0, 0.05) is 11.6 Å². The van der Waals surface area contributed by atoms with E-state index in [1.165, 1.54) is 0 Å². The Morgan fingerprint density at radius 1 is 1.09 bits per heavy atom. The second kappa shape index (κ2) is 5.84. The van der Waals surface area contributed by atoms with Crippen LogP contribution in [-0.2, 0) is 0 Å². The molecule has 0 aliphatic heterocycles. The molecule has 7 heteroatoms. The van der Waals surface area contributed by atoms with Crippen LogP contribution in [0.5, 0.6) is 0 Å². The Hall–Kier alpha value is -2.10. The van der Waals surface area contributed by atoms with Gasteiger partial charge in [0.05, 0.1) is 34.2 Å². The lowest BCUT2D eigenvalue weighted by atomic mass is 10.1. The first-order valence-corrected chi connectivity index (χ1v) is 10.9. The number of benzene rings is 1. The average molecular weight is 429 g/mol. The van der Waals surface area contributed by atoms with Gasteiger partial charge < -0.3 is 0 Å². The second-order valence-electron chi connectivity index (χ2n) is 4.90. The van der Waals surface area contributed by atoms with Crippen LogP contribution in [0.2, 0.25) is 0 Å². The summed E-state index contributed by atoms with van der Waals surface area (Å²) in [7, 11) is 0. The molecule has 3 heterocycles. The molecule has 4 rings (SSSR count). The van der Waals surface area contributed by atoms with Crippen LogP contribution < -0.4 is 0 Å². The minimum Gasteiger partial charge on any atom is -0.255 e. The highest BCUT2D eigenvalue weighted by Crippen LogP contribution is 2.35. The second-order valence-corrected chi connectivity index (χ2v) is 6.94. The van der Waals surface area contributed by atoms with E-state index in [9.17, 15) is 5.26 Å². The lowest BCUT2D eigenvalue weighted by Gasteiger charge is -2.00. The molecule has 1 atom stereocenters. The first kappa shape index (κ1) is 14.5. The molecule has 0 aliphatic carbocycles. The molecule has 3 aromatic heterocycles. The zero-order valence-corrected chi connectivity index (χ0v) is 14.9. The Kier molecular flexibility index (Phi) is 3.68. The van der Waals surface area contributed by atoms with Crippen molar-refractivity contribution in [2.75, 3.05) is 0 Å². The van der Waals surface area contributed by atoms with E-state index >= 15 is 0 Å². The third-order valence-corrected chi connectivity index (χ3v) is 5.46. The Morgan fingerprint density at radius 2 is 2.00 bits per heavy atom. The first-order chi connectivity index (χ1) is 11.3.